The number of benzene rings is 10. The molecule has 0 radical (unpaired) electrons. The van der Waals surface area contributed by atoms with Crippen LogP contribution in [-0.2, 0) is 0 Å². The minimum Gasteiger partial charge on any atom is -0.399 e. The van der Waals surface area contributed by atoms with Crippen LogP contribution in [0, 0.1) is 92.5 Å². The van der Waals surface area contributed by atoms with Gasteiger partial charge in [0.25, 0.3) is 45.5 Å². The van der Waals surface area contributed by atoms with Crippen molar-refractivity contribution < 1.29 is 48.2 Å². The number of anilines is 10. The summed E-state index contributed by atoms with van der Waals surface area (Å²) in [6.45, 7) is 20.1. The summed E-state index contributed by atoms with van der Waals surface area (Å²) in [5, 5.41) is 99.2. The highest BCUT2D eigenvalue weighted by molar-refractivity contribution is 5.86. The number of nitro groups is 8. The first kappa shape index (κ1) is 111. The molecule has 0 atom stereocenters. The number of nitrogens with one attached hydrogen (secondary N) is 4. The third-order valence-corrected chi connectivity index (χ3v) is 20.2. The van der Waals surface area contributed by atoms with Gasteiger partial charge in [-0.2, -0.15) is 0 Å². The second-order valence-electron chi connectivity index (χ2n) is 28.2. The molecule has 0 saturated carbocycles. The van der Waals surface area contributed by atoms with Gasteiger partial charge in [-0.1, -0.05) is 0 Å². The van der Waals surface area contributed by atoms with Crippen molar-refractivity contribution in [2.75, 3.05) is 208 Å². The van der Waals surface area contributed by atoms with Crippen LogP contribution in [0.15, 0.2) is 243 Å². The lowest BCUT2D eigenvalue weighted by molar-refractivity contribution is -0.385. The molecule has 0 bridgehead atoms. The zero-order valence-electron chi connectivity index (χ0n) is 70.1. The summed E-state index contributed by atoms with van der Waals surface area (Å²) in [6.07, 6.45) is 0. The molecule has 8 N–H and O–H groups in total. The number of nitrogens with zero attached hydrogens (tertiary/aromatic N) is 16. The molecule has 10 aromatic carbocycles. The molecule has 0 spiro atoms. The van der Waals surface area contributed by atoms with Crippen LogP contribution in [0.5, 0.6) is 0 Å². The first-order valence-electron chi connectivity index (χ1n) is 39.6. The minimum atomic E-state index is -0.570. The molecule has 0 amide bonds. The predicted octanol–water partition coefficient (Wildman–Crippen LogP) is 15.0. The molecule has 700 valence electrons. The molecule has 0 unspecified atom stereocenters. The SMILES string of the molecule is C1CNCCNCCN1.Cl.Cl.Cl.Cl.Cl.Cl.Nc1ccc(N2CCN(c3ccc(N)cc3)CCN(c3ccc([N+](=O)[O-])cc3)CC2)cc1.O=[N+]([O-])c1ccc(F)cc1.O=[N+]([O-])c1ccc(F)cc1.O=[N+]([O-])c1ccc(N2CCN(c3ccc([N+](=O)[O-])cc3)CCN(c3ccc([N+](=O)[O-])cc3)CC2)cc1.O=[N+]([O-])c1ccc(N2CCNCCN(c3ccc([N+](=O)[O-])cc3)CC2)cc1. The van der Waals surface area contributed by atoms with Gasteiger partial charge in [-0.25, -0.2) is 8.78 Å². The zero-order valence-corrected chi connectivity index (χ0v) is 75.0. The Morgan fingerprint density at radius 1 is 0.192 bits per heavy atom. The number of nitro benzene ring substituents is 8. The van der Waals surface area contributed by atoms with E-state index in [9.17, 15) is 89.7 Å². The van der Waals surface area contributed by atoms with E-state index in [-0.39, 0.29) is 125 Å². The highest BCUT2D eigenvalue weighted by atomic mass is 35.5. The van der Waals surface area contributed by atoms with Crippen molar-refractivity contribution in [2.24, 2.45) is 0 Å². The van der Waals surface area contributed by atoms with Gasteiger partial charge in [-0.3, -0.25) is 80.9 Å². The summed E-state index contributed by atoms with van der Waals surface area (Å²) in [4.78, 5) is 100. The molecule has 4 saturated heterocycles. The number of hydrogen-bond acceptors (Lipinski definition) is 30. The second-order valence-corrected chi connectivity index (χ2v) is 28.2. The molecule has 38 nitrogen and oxygen atoms in total. The van der Waals surface area contributed by atoms with E-state index in [4.69, 9.17) is 11.5 Å². The van der Waals surface area contributed by atoms with Crippen LogP contribution >= 0.6 is 74.4 Å². The van der Waals surface area contributed by atoms with Crippen molar-refractivity contribution in [3.8, 4) is 0 Å². The lowest BCUT2D eigenvalue weighted by Crippen LogP contribution is -2.36. The maximum absolute atomic E-state index is 12.1. The van der Waals surface area contributed by atoms with Crippen LogP contribution in [0.4, 0.5) is 111 Å². The Hall–Kier alpha value is -13.2. The maximum atomic E-state index is 12.1. The number of nitrogens with two attached hydrogens (primary N) is 2. The maximum Gasteiger partial charge on any atom is 0.269 e. The van der Waals surface area contributed by atoms with Gasteiger partial charge in [0.05, 0.1) is 39.4 Å². The van der Waals surface area contributed by atoms with Gasteiger partial charge in [0.15, 0.2) is 0 Å². The molecular formula is C84H102Cl6F2N22O16. The fourth-order valence-corrected chi connectivity index (χ4v) is 13.3. The van der Waals surface area contributed by atoms with Gasteiger partial charge >= 0.3 is 0 Å². The average molecular weight is 1930 g/mol. The summed E-state index contributed by atoms with van der Waals surface area (Å²) in [5.41, 5.74) is 21.0. The first-order chi connectivity index (χ1) is 59.7. The summed E-state index contributed by atoms with van der Waals surface area (Å²) in [6, 6.07) is 63.8. The van der Waals surface area contributed by atoms with E-state index in [1.807, 2.05) is 36.4 Å². The van der Waals surface area contributed by atoms with Gasteiger partial charge in [-0.05, 0) is 146 Å². The van der Waals surface area contributed by atoms with Gasteiger partial charge in [0.2, 0.25) is 0 Å². The van der Waals surface area contributed by atoms with Crippen LogP contribution in [0.1, 0.15) is 0 Å². The molecule has 4 aliphatic rings. The lowest BCUT2D eigenvalue weighted by atomic mass is 10.2. The zero-order chi connectivity index (χ0) is 88.9. The van der Waals surface area contributed by atoms with E-state index in [0.29, 0.717) is 39.3 Å². The standard InChI is InChI=1S/C24H24N6O6.C24H28N6O2.C18H21N5O4.2C6H4FNO2.C6H15N3.6ClH/c31-28(32)22-7-1-19(2-8-22)25-13-15-26(20-3-9-23(10-4-20)29(33)34)17-18-27(16-14-25)21-5-11-24(12-6-21)30(35)36;25-19-1-5-21(6-2-19)27-13-14-28(22-7-3-20(26)4-8-22)16-18-29(17-15-27)23-9-11-24(12-10-23)30(31)32;24-22(25)17-5-1-15(2-6-17)20-11-9-19-10-12-21(14-13-20)16-3-7-18(8-4-16)23(26)27;2*7-5-1-3-6(4-2-5)8(9)10;1-2-8-5-6-9-4-3-7-1;;;;;;/h1-12H,13-18H2;1-12H,13-18,25-26H2;1-8,19H,9-14H2;2*1-4H;7-9H,1-6H2;6*1H. The number of rotatable bonds is 16. The summed E-state index contributed by atoms with van der Waals surface area (Å²) in [7, 11) is 0. The smallest absolute Gasteiger partial charge is 0.269 e. The van der Waals surface area contributed by atoms with E-state index in [1.165, 1.54) is 60.7 Å². The van der Waals surface area contributed by atoms with Gasteiger partial charge in [0, 0.05) is 311 Å². The first-order valence-corrected chi connectivity index (χ1v) is 39.6. The third-order valence-electron chi connectivity index (χ3n) is 20.2. The van der Waals surface area contributed by atoms with Gasteiger partial charge < -0.3 is 71.9 Å². The molecule has 10 aromatic rings. The Kier molecular flexibility index (Phi) is 49.2. The van der Waals surface area contributed by atoms with Crippen LogP contribution in [0.2, 0.25) is 0 Å². The highest BCUT2D eigenvalue weighted by Gasteiger charge is 2.24. The van der Waals surface area contributed by atoms with Crippen molar-refractivity contribution >= 4 is 177 Å². The number of halogens is 8. The Bertz CT molecular complexity index is 4730. The molecular weight excluding hydrogens is 1820 g/mol. The topological polar surface area (TPSA) is 471 Å². The Balaban J connectivity index is 0.000000427. The molecule has 0 aliphatic carbocycles. The van der Waals surface area contributed by atoms with E-state index in [0.717, 1.165) is 223 Å². The van der Waals surface area contributed by atoms with Crippen LogP contribution in [0.3, 0.4) is 0 Å². The van der Waals surface area contributed by atoms with Gasteiger partial charge in [-0.15, -0.1) is 74.4 Å². The molecule has 130 heavy (non-hydrogen) atoms. The van der Waals surface area contributed by atoms with E-state index < -0.39 is 46.1 Å². The summed E-state index contributed by atoms with van der Waals surface area (Å²) in [5.74, 6) is -0.934. The van der Waals surface area contributed by atoms with Crippen molar-refractivity contribution in [3.63, 3.8) is 0 Å². The lowest BCUT2D eigenvalue weighted by Gasteiger charge is -2.28. The van der Waals surface area contributed by atoms with Gasteiger partial charge in [0.1, 0.15) is 11.6 Å². The summed E-state index contributed by atoms with van der Waals surface area (Å²) >= 11 is 0. The highest BCUT2D eigenvalue weighted by Crippen LogP contribution is 2.30. The van der Waals surface area contributed by atoms with E-state index >= 15 is 0 Å². The fraction of sp³-hybridized carbons (Fsp3) is 0.286. The van der Waals surface area contributed by atoms with Crippen LogP contribution in [0.25, 0.3) is 0 Å². The molecule has 4 aliphatic heterocycles. The average Bonchev–Trinajstić information content (AvgIpc) is 1.66. The molecule has 14 rings (SSSR count). The van der Waals surface area contributed by atoms with Crippen LogP contribution in [-0.4, -0.2) is 196 Å². The summed E-state index contributed by atoms with van der Waals surface area (Å²) < 4.78 is 24.3. The largest absolute Gasteiger partial charge is 0.399 e. The Labute approximate surface area is 784 Å². The fourth-order valence-electron chi connectivity index (χ4n) is 13.3. The van der Waals surface area contributed by atoms with Crippen molar-refractivity contribution in [2.45, 2.75) is 0 Å². The quantitative estimate of drug-likeness (QED) is 0.0297. The normalized spacial score (nSPS) is 14.0. The third kappa shape index (κ3) is 36.2. The van der Waals surface area contributed by atoms with E-state index in [2.05, 4.69) is 84.7 Å². The Morgan fingerprint density at radius 3 is 0.446 bits per heavy atom. The number of hydrogen-bond donors (Lipinski definition) is 6. The van der Waals surface area contributed by atoms with Crippen molar-refractivity contribution in [3.05, 3.63) is 335 Å². The van der Waals surface area contributed by atoms with Crippen LogP contribution < -0.4 is 71.9 Å². The monoisotopic (exact) mass is 1920 g/mol. The predicted molar refractivity (Wildman–Crippen MR) is 519 cm³/mol. The second kappa shape index (κ2) is 57.6. The molecule has 4 fully saturated rings. The number of nitrogen functional groups attached to an aromatic ring is 2. The molecule has 4 heterocycles. The van der Waals surface area contributed by atoms with Crippen molar-refractivity contribution in [1.82, 2.24) is 21.3 Å². The van der Waals surface area contributed by atoms with Crippen molar-refractivity contribution in [1.29, 1.82) is 0 Å². The minimum absolute atomic E-state index is 0. The molecule has 46 heteroatoms. The molecule has 0 aromatic heterocycles. The van der Waals surface area contributed by atoms with E-state index in [1.54, 1.807) is 72.8 Å². The Morgan fingerprint density at radius 2 is 0.308 bits per heavy atom. The number of non-ortho nitro benzene ring substituents is 8.